The molecule has 0 aliphatic carbocycles. The van der Waals surface area contributed by atoms with Gasteiger partial charge in [0.2, 0.25) is 0 Å². The molecule has 1 aromatic carbocycles. The highest BCUT2D eigenvalue weighted by molar-refractivity contribution is 5.94. The van der Waals surface area contributed by atoms with Gasteiger partial charge in [0.1, 0.15) is 0 Å². The van der Waals surface area contributed by atoms with Gasteiger partial charge in [0.05, 0.1) is 42.8 Å². The zero-order chi connectivity index (χ0) is 24.3. The lowest BCUT2D eigenvalue weighted by Gasteiger charge is -2.44. The molecule has 0 spiro atoms. The van der Waals surface area contributed by atoms with E-state index < -0.39 is 23.2 Å². The van der Waals surface area contributed by atoms with Crippen LogP contribution in [0.4, 0.5) is 13.2 Å². The molecule has 5 rings (SSSR count). The number of nitrogens with zero attached hydrogens (tertiary/aromatic N) is 3. The summed E-state index contributed by atoms with van der Waals surface area (Å²) in [5.74, 6) is -0.555. The highest BCUT2D eigenvalue weighted by atomic mass is 19.4. The molecule has 2 aromatic heterocycles. The summed E-state index contributed by atoms with van der Waals surface area (Å²) in [5.41, 5.74) is 5.25. The first kappa shape index (κ1) is 22.8. The largest absolute Gasteiger partial charge is 0.418 e. The van der Waals surface area contributed by atoms with Crippen LogP contribution in [0.15, 0.2) is 47.5 Å². The van der Waals surface area contributed by atoms with Crippen molar-refractivity contribution >= 4 is 11.3 Å². The Morgan fingerprint density at radius 1 is 1.24 bits per heavy atom. The number of carbonyl (C=O) groups is 1. The van der Waals surface area contributed by atoms with Gasteiger partial charge >= 0.3 is 11.9 Å². The minimum absolute atomic E-state index is 0.0895. The molecular formula is C23H24F3N5O3. The van der Waals surface area contributed by atoms with Gasteiger partial charge in [0.25, 0.3) is 0 Å². The fourth-order valence-corrected chi connectivity index (χ4v) is 4.62. The average Bonchev–Trinajstić information content (AvgIpc) is 3.32. The number of Topliss-reactive ketones (excluding diaryl/α,β-unsaturated/α-hetero) is 1. The van der Waals surface area contributed by atoms with E-state index >= 15 is 0 Å². The van der Waals surface area contributed by atoms with Gasteiger partial charge in [-0.05, 0) is 44.2 Å². The molecule has 11 heteroatoms. The van der Waals surface area contributed by atoms with Crippen molar-refractivity contribution < 1.29 is 22.7 Å². The van der Waals surface area contributed by atoms with Crippen molar-refractivity contribution in [3.63, 3.8) is 0 Å². The van der Waals surface area contributed by atoms with Crippen molar-refractivity contribution in [3.8, 4) is 5.69 Å². The van der Waals surface area contributed by atoms with Crippen LogP contribution in [0.2, 0.25) is 0 Å². The number of hydrogen-bond acceptors (Lipinski definition) is 6. The lowest BCUT2D eigenvalue weighted by atomic mass is 9.74. The molecule has 4 heterocycles. The Hall–Kier alpha value is -2.99. The van der Waals surface area contributed by atoms with Gasteiger partial charge in [-0.1, -0.05) is 12.1 Å². The van der Waals surface area contributed by atoms with Crippen LogP contribution >= 0.6 is 0 Å². The second-order valence-electron chi connectivity index (χ2n) is 9.01. The Balaban J connectivity index is 1.60. The molecule has 2 saturated heterocycles. The van der Waals surface area contributed by atoms with Crippen molar-refractivity contribution in [2.75, 3.05) is 26.9 Å². The number of alkyl halides is 3. The van der Waals surface area contributed by atoms with E-state index in [4.69, 9.17) is 4.74 Å². The Kier molecular flexibility index (Phi) is 5.40. The number of rotatable bonds is 5. The second-order valence-corrected chi connectivity index (χ2v) is 9.01. The summed E-state index contributed by atoms with van der Waals surface area (Å²) in [5, 5.41) is 0. The number of imidazole rings is 1. The van der Waals surface area contributed by atoms with Gasteiger partial charge < -0.3 is 4.74 Å². The van der Waals surface area contributed by atoms with Gasteiger partial charge in [0.15, 0.2) is 5.78 Å². The number of ketones is 1. The molecule has 2 fully saturated rings. The van der Waals surface area contributed by atoms with E-state index in [2.05, 4.69) is 15.8 Å². The summed E-state index contributed by atoms with van der Waals surface area (Å²) in [7, 11) is 2.00. The first-order chi connectivity index (χ1) is 16.1. The van der Waals surface area contributed by atoms with E-state index in [1.165, 1.54) is 17.7 Å². The van der Waals surface area contributed by atoms with E-state index in [-0.39, 0.29) is 22.7 Å². The zero-order valence-electron chi connectivity index (χ0n) is 18.6. The Morgan fingerprint density at radius 2 is 2.00 bits per heavy atom. The van der Waals surface area contributed by atoms with Crippen molar-refractivity contribution in [2.45, 2.75) is 31.1 Å². The number of nitrogens with one attached hydrogen (secondary N) is 2. The normalized spacial score (nSPS) is 20.6. The molecule has 2 N–H and O–H groups in total. The number of hydrazine groups is 1. The molecule has 8 nitrogen and oxygen atoms in total. The minimum Gasteiger partial charge on any atom is -0.379 e. The van der Waals surface area contributed by atoms with E-state index in [0.29, 0.717) is 25.6 Å². The number of pyridine rings is 1. The Labute approximate surface area is 192 Å². The van der Waals surface area contributed by atoms with Crippen LogP contribution in [-0.4, -0.2) is 52.7 Å². The molecule has 1 unspecified atom stereocenters. The van der Waals surface area contributed by atoms with E-state index in [1.54, 1.807) is 12.1 Å². The number of fused-ring (bicyclic) bond motifs is 1. The molecule has 3 aromatic rings. The predicted octanol–water partition coefficient (Wildman–Crippen LogP) is 2.29. The Morgan fingerprint density at radius 3 is 2.59 bits per heavy atom. The number of aromatic nitrogens is 2. The van der Waals surface area contributed by atoms with Crippen molar-refractivity contribution in [1.29, 1.82) is 0 Å². The third-order valence-corrected chi connectivity index (χ3v) is 6.69. The first-order valence-corrected chi connectivity index (χ1v) is 10.8. The lowest BCUT2D eigenvalue weighted by Crippen LogP contribution is -2.52. The van der Waals surface area contributed by atoms with Crippen molar-refractivity contribution in [1.82, 2.24) is 24.7 Å². The van der Waals surface area contributed by atoms with Crippen LogP contribution in [0.1, 0.15) is 34.8 Å². The number of halogens is 3. The molecule has 0 amide bonds. The number of hydrogen-bond donors (Lipinski definition) is 2. The molecule has 2 aliphatic heterocycles. The molecule has 2 aliphatic rings. The SMILES string of the molecule is CC(=O)c1cc(C(F)(F)F)c2cn(-c3cccc(C4(CC5NNCN5C)COC4)c3)c(=O)n2c1. The summed E-state index contributed by atoms with van der Waals surface area (Å²) in [6.45, 7) is 2.89. The molecule has 0 bridgehead atoms. The van der Waals surface area contributed by atoms with Crippen LogP contribution < -0.4 is 16.5 Å². The smallest absolute Gasteiger partial charge is 0.379 e. The topological polar surface area (TPSA) is 80.0 Å². The summed E-state index contributed by atoms with van der Waals surface area (Å²) < 4.78 is 48.8. The minimum atomic E-state index is -4.72. The molecule has 0 radical (unpaired) electrons. The van der Waals surface area contributed by atoms with Crippen LogP contribution in [0.5, 0.6) is 0 Å². The number of benzene rings is 1. The molecule has 34 heavy (non-hydrogen) atoms. The van der Waals surface area contributed by atoms with Gasteiger partial charge in [0, 0.05) is 23.4 Å². The maximum absolute atomic E-state index is 13.7. The highest BCUT2D eigenvalue weighted by Gasteiger charge is 2.44. The highest BCUT2D eigenvalue weighted by Crippen LogP contribution is 2.38. The standard InChI is InChI=1S/C23H24F3N5O3/c1-14(32)15-6-18(23(24,25)26)19-10-30(21(33)31(19)9-15)17-5-3-4-16(7-17)22(11-34-12-22)8-20-28-27-13-29(20)2/h3-7,9-10,20,27-28H,8,11-13H2,1-2H3. The number of carbonyl (C=O) groups excluding carboxylic acids is 1. The van der Waals surface area contributed by atoms with Gasteiger partial charge in [-0.2, -0.15) is 13.2 Å². The third kappa shape index (κ3) is 3.74. The Bertz CT molecular complexity index is 1330. The fraction of sp³-hybridized carbons (Fsp3) is 0.391. The summed E-state index contributed by atoms with van der Waals surface area (Å²) in [6.07, 6.45) is -1.54. The molecule has 0 saturated carbocycles. The van der Waals surface area contributed by atoms with Crippen LogP contribution in [0, 0.1) is 0 Å². The van der Waals surface area contributed by atoms with E-state index in [1.807, 2.05) is 19.2 Å². The molecular weight excluding hydrogens is 451 g/mol. The van der Waals surface area contributed by atoms with Crippen LogP contribution in [0.3, 0.4) is 0 Å². The van der Waals surface area contributed by atoms with Gasteiger partial charge in [-0.3, -0.25) is 18.7 Å². The quantitative estimate of drug-likeness (QED) is 0.552. The van der Waals surface area contributed by atoms with Crippen LogP contribution in [0.25, 0.3) is 11.2 Å². The fourth-order valence-electron chi connectivity index (χ4n) is 4.62. The van der Waals surface area contributed by atoms with E-state index in [0.717, 1.165) is 28.6 Å². The van der Waals surface area contributed by atoms with E-state index in [9.17, 15) is 22.8 Å². The first-order valence-electron chi connectivity index (χ1n) is 10.8. The average molecular weight is 475 g/mol. The number of ether oxygens (including phenoxy) is 1. The van der Waals surface area contributed by atoms with Crippen molar-refractivity contribution in [3.05, 3.63) is 69.9 Å². The molecule has 1 atom stereocenters. The van der Waals surface area contributed by atoms with Gasteiger partial charge in [-0.15, -0.1) is 0 Å². The van der Waals surface area contributed by atoms with Crippen LogP contribution in [-0.2, 0) is 16.3 Å². The zero-order valence-corrected chi connectivity index (χ0v) is 18.6. The summed E-state index contributed by atoms with van der Waals surface area (Å²) >= 11 is 0. The predicted molar refractivity (Wildman–Crippen MR) is 118 cm³/mol. The summed E-state index contributed by atoms with van der Waals surface area (Å²) in [4.78, 5) is 27.1. The lowest BCUT2D eigenvalue weighted by molar-refractivity contribution is -0.136. The summed E-state index contributed by atoms with van der Waals surface area (Å²) in [6, 6.07) is 8.03. The monoisotopic (exact) mass is 475 g/mol. The maximum Gasteiger partial charge on any atom is 0.418 e. The van der Waals surface area contributed by atoms with Crippen molar-refractivity contribution in [2.24, 2.45) is 0 Å². The molecule has 180 valence electrons. The van der Waals surface area contributed by atoms with Gasteiger partial charge in [-0.25, -0.2) is 15.6 Å². The maximum atomic E-state index is 13.7. The second kappa shape index (κ2) is 8.05. The third-order valence-electron chi connectivity index (χ3n) is 6.69.